The van der Waals surface area contributed by atoms with Crippen molar-refractivity contribution >= 4 is 139 Å². The van der Waals surface area contributed by atoms with Gasteiger partial charge in [-0.05, 0) is 228 Å². The lowest BCUT2D eigenvalue weighted by Gasteiger charge is -2.46. The van der Waals surface area contributed by atoms with Gasteiger partial charge >= 0.3 is 0 Å². The van der Waals surface area contributed by atoms with E-state index in [0.29, 0.717) is 0 Å². The van der Waals surface area contributed by atoms with E-state index in [9.17, 15) is 0 Å². The maximum atomic E-state index is 2.74. The summed E-state index contributed by atoms with van der Waals surface area (Å²) in [7, 11) is 0. The van der Waals surface area contributed by atoms with Crippen LogP contribution in [0.2, 0.25) is 0 Å². The van der Waals surface area contributed by atoms with Crippen molar-refractivity contribution < 1.29 is 0 Å². The van der Waals surface area contributed by atoms with E-state index >= 15 is 0 Å². The molecular formula is C122H79BN4. The average Bonchev–Trinajstić information content (AvgIpc) is 0.793. The van der Waals surface area contributed by atoms with Crippen molar-refractivity contribution in [3.05, 3.63) is 479 Å². The molecular weight excluding hydrogens is 1530 g/mol. The summed E-state index contributed by atoms with van der Waals surface area (Å²) in [5.41, 5.74) is 36.2. The van der Waals surface area contributed by atoms with Crippen LogP contribution in [-0.2, 0) is 0 Å². The first kappa shape index (κ1) is 73.2. The molecule has 23 aromatic rings. The Bertz CT molecular complexity index is 7950. The van der Waals surface area contributed by atoms with Crippen molar-refractivity contribution in [2.75, 3.05) is 14.7 Å². The lowest BCUT2D eigenvalue weighted by molar-refractivity contribution is 1.17. The summed E-state index contributed by atoms with van der Waals surface area (Å²) in [6.45, 7) is -0.378. The largest absolute Gasteiger partial charge is 0.310 e. The number of benzene rings is 22. The van der Waals surface area contributed by atoms with Gasteiger partial charge in [0.25, 0.3) is 6.71 Å². The Labute approximate surface area is 738 Å². The summed E-state index contributed by atoms with van der Waals surface area (Å²) in [6.07, 6.45) is 0. The molecule has 25 rings (SSSR count). The number of para-hydroxylation sites is 2. The zero-order valence-electron chi connectivity index (χ0n) is 69.5. The molecule has 0 spiro atoms. The third kappa shape index (κ3) is 12.1. The highest BCUT2D eigenvalue weighted by atomic mass is 15.2. The second-order valence-electron chi connectivity index (χ2n) is 33.7. The van der Waals surface area contributed by atoms with Gasteiger partial charge in [-0.15, -0.1) is 0 Å². The molecule has 0 amide bonds. The van der Waals surface area contributed by atoms with E-state index in [1.807, 2.05) is 0 Å². The Morgan fingerprint density at radius 2 is 0.528 bits per heavy atom. The highest BCUT2D eigenvalue weighted by molar-refractivity contribution is 7.00. The Morgan fingerprint density at radius 3 is 0.961 bits per heavy atom. The summed E-state index contributed by atoms with van der Waals surface area (Å²) >= 11 is 0. The minimum Gasteiger partial charge on any atom is -0.310 e. The summed E-state index contributed by atoms with van der Waals surface area (Å²) in [4.78, 5) is 7.99. The molecule has 2 aliphatic heterocycles. The van der Waals surface area contributed by atoms with Crippen molar-refractivity contribution in [2.24, 2.45) is 0 Å². The predicted octanol–water partition coefficient (Wildman–Crippen LogP) is 31.4. The third-order valence-electron chi connectivity index (χ3n) is 26.6. The van der Waals surface area contributed by atoms with Gasteiger partial charge in [0.05, 0.1) is 28.1 Å². The van der Waals surface area contributed by atoms with E-state index in [2.05, 4.69) is 499 Å². The van der Waals surface area contributed by atoms with Crippen LogP contribution in [0.4, 0.5) is 51.2 Å². The van der Waals surface area contributed by atoms with E-state index in [1.165, 1.54) is 75.8 Å². The van der Waals surface area contributed by atoms with E-state index in [1.54, 1.807) is 0 Å². The molecule has 1 aromatic heterocycles. The summed E-state index contributed by atoms with van der Waals surface area (Å²) in [5, 5.41) is 12.4. The van der Waals surface area contributed by atoms with Crippen LogP contribution >= 0.6 is 0 Å². The van der Waals surface area contributed by atoms with E-state index in [4.69, 9.17) is 0 Å². The zero-order valence-corrected chi connectivity index (χ0v) is 69.5. The first-order valence-corrected chi connectivity index (χ1v) is 44.0. The van der Waals surface area contributed by atoms with Crippen molar-refractivity contribution in [1.29, 1.82) is 0 Å². The normalized spacial score (nSPS) is 12.2. The first-order valence-electron chi connectivity index (χ1n) is 44.0. The number of anilines is 9. The molecule has 4 nitrogen and oxygen atoms in total. The van der Waals surface area contributed by atoms with Gasteiger partial charge in [-0.3, -0.25) is 0 Å². The fourth-order valence-electron chi connectivity index (χ4n) is 21.0. The second-order valence-corrected chi connectivity index (χ2v) is 33.7. The number of hydrogen-bond acceptors (Lipinski definition) is 3. The Balaban J connectivity index is 0.876. The lowest BCUT2D eigenvalue weighted by atomic mass is 9.33. The van der Waals surface area contributed by atoms with E-state index < -0.39 is 0 Å². The summed E-state index contributed by atoms with van der Waals surface area (Å²) in [5.74, 6) is 0. The lowest BCUT2D eigenvalue weighted by Crippen LogP contribution is -2.61. The average molecular weight is 1610 g/mol. The van der Waals surface area contributed by atoms with Crippen molar-refractivity contribution in [2.45, 2.75) is 0 Å². The van der Waals surface area contributed by atoms with Gasteiger partial charge in [-0.2, -0.15) is 0 Å². The Morgan fingerprint density at radius 1 is 0.189 bits per heavy atom. The molecule has 2 aliphatic rings. The van der Waals surface area contributed by atoms with Gasteiger partial charge < -0.3 is 19.3 Å². The van der Waals surface area contributed by atoms with Crippen molar-refractivity contribution in [3.8, 4) is 106 Å². The van der Waals surface area contributed by atoms with Crippen molar-refractivity contribution in [1.82, 2.24) is 4.57 Å². The van der Waals surface area contributed by atoms with Crippen LogP contribution in [-0.4, -0.2) is 11.3 Å². The monoisotopic (exact) mass is 1610 g/mol. The van der Waals surface area contributed by atoms with Crippen LogP contribution in [0.1, 0.15) is 0 Å². The molecule has 0 N–H and O–H groups in total. The number of hydrogen-bond donors (Lipinski definition) is 0. The molecule has 0 fully saturated rings. The van der Waals surface area contributed by atoms with Gasteiger partial charge in [0.15, 0.2) is 0 Å². The molecule has 0 saturated carbocycles. The van der Waals surface area contributed by atoms with Gasteiger partial charge in [0.1, 0.15) is 0 Å². The maximum absolute atomic E-state index is 2.74. The highest BCUT2D eigenvalue weighted by Crippen LogP contribution is 2.58. The van der Waals surface area contributed by atoms with Crippen LogP contribution < -0.4 is 31.1 Å². The Hall–Kier alpha value is -16.6. The van der Waals surface area contributed by atoms with Gasteiger partial charge in [0, 0.05) is 72.8 Å². The minimum atomic E-state index is -0.378. The smallest absolute Gasteiger partial charge is 0.252 e. The molecule has 22 aromatic carbocycles. The fraction of sp³-hybridized carbons (Fsp3) is 0. The number of rotatable bonds is 15. The molecule has 0 radical (unpaired) electrons. The minimum absolute atomic E-state index is 0.378. The summed E-state index contributed by atoms with van der Waals surface area (Å²) < 4.78 is 2.51. The van der Waals surface area contributed by atoms with E-state index in [0.717, 1.165) is 162 Å². The zero-order chi connectivity index (χ0) is 83.6. The number of aromatic nitrogens is 1. The highest BCUT2D eigenvalue weighted by Gasteiger charge is 2.47. The Kier molecular flexibility index (Phi) is 17.4. The second kappa shape index (κ2) is 30.2. The maximum Gasteiger partial charge on any atom is 0.252 e. The SMILES string of the molecule is c1ccc(-c2ccc(N(c3ccc(-c4ccccc4)cc3)c3cc4c5c(c3)N(c3c(-c6ccccc6)cc(-c6ccccc6)cc3-c3ccccc3)c3cc(-n6c7ccccc7c7ccccc76)ccc3B5c3ccc(-c5ccc6cccc7c8cccc9cccc(c5c67)c98)cc3N4c3c(-c4ccccc4)cc(-c4ccccc4)cc3-c3ccccc3)cc2)cc1. The van der Waals surface area contributed by atoms with Crippen molar-refractivity contribution in [3.63, 3.8) is 0 Å². The topological polar surface area (TPSA) is 14.7 Å². The number of nitrogens with zero attached hydrogens (tertiary/aromatic N) is 4. The molecule has 0 atom stereocenters. The molecule has 0 unspecified atom stereocenters. The molecule has 3 heterocycles. The van der Waals surface area contributed by atoms with Gasteiger partial charge in [0.2, 0.25) is 0 Å². The van der Waals surface area contributed by atoms with Crippen LogP contribution in [0.15, 0.2) is 479 Å². The van der Waals surface area contributed by atoms with Gasteiger partial charge in [-0.1, -0.05) is 388 Å². The fourth-order valence-corrected chi connectivity index (χ4v) is 21.0. The molecule has 0 saturated heterocycles. The van der Waals surface area contributed by atoms with Crippen LogP contribution in [0.5, 0.6) is 0 Å². The predicted molar refractivity (Wildman–Crippen MR) is 540 cm³/mol. The van der Waals surface area contributed by atoms with Gasteiger partial charge in [-0.25, -0.2) is 0 Å². The molecule has 0 bridgehead atoms. The molecule has 127 heavy (non-hydrogen) atoms. The van der Waals surface area contributed by atoms with Crippen LogP contribution in [0.3, 0.4) is 0 Å². The van der Waals surface area contributed by atoms with Crippen LogP contribution in [0.25, 0.3) is 171 Å². The molecule has 5 heteroatoms. The summed E-state index contributed by atoms with van der Waals surface area (Å²) in [6, 6.07) is 180. The first-order chi connectivity index (χ1) is 63.0. The van der Waals surface area contributed by atoms with E-state index in [-0.39, 0.29) is 6.71 Å². The standard InChI is InChI=1S/C122H79BN4/c1-9-32-80(33-10-1)84-58-64-95(65-59-84)124(96-66-60-85(61-67-96)81-34-11-2-12-35-81)98-78-115-120-116(79-98)127(122-107(88-44-21-7-22-45-88)74-94(83-38-15-4-16-39-83)75-108(122)89-46-23-8-24-47-89)114-77-97(125-111-56-27-25-51-100(111)101-52-26-28-57-112(101)125)68-71-110(114)123(120)109-70-63-92(99-69-62-91-50-30-54-103-102-53-29-48-90-49-31-55-104(117(90)102)119(99)118(91)103)76-113(109)126(115)121-105(86-40-17-5-18-41-86)72-93(82-36-13-3-14-37-82)73-106(121)87-42-19-6-20-43-87/h1-79H. The quantitative estimate of drug-likeness (QED) is 0.0578. The molecule has 0 aliphatic carbocycles. The van der Waals surface area contributed by atoms with Crippen LogP contribution in [0, 0.1) is 0 Å². The molecule has 590 valence electrons. The number of fused-ring (bicyclic) bond motifs is 9. The third-order valence-corrected chi connectivity index (χ3v) is 26.6.